The summed E-state index contributed by atoms with van der Waals surface area (Å²) in [6, 6.07) is 46.8. The first-order valence-electron chi connectivity index (χ1n) is 24.4. The van der Waals surface area contributed by atoms with Crippen molar-refractivity contribution in [2.45, 2.75) is 124 Å². The summed E-state index contributed by atoms with van der Waals surface area (Å²) in [4.78, 5) is 0. The maximum atomic E-state index is 9.22. The third-order valence-electron chi connectivity index (χ3n) is 14.3. The molecule has 2 aromatic heterocycles. The summed E-state index contributed by atoms with van der Waals surface area (Å²) in [7, 11) is 0. The van der Waals surface area contributed by atoms with Crippen LogP contribution in [-0.4, -0.2) is 4.57 Å². The van der Waals surface area contributed by atoms with Crippen molar-refractivity contribution in [1.29, 1.82) is 0 Å². The Kier molecular flexibility index (Phi) is 8.35. The number of aromatic nitrogens is 3. The summed E-state index contributed by atoms with van der Waals surface area (Å²) >= 11 is 0. The zero-order valence-electron chi connectivity index (χ0n) is 42.5. The van der Waals surface area contributed by atoms with Gasteiger partial charge in [0.05, 0.1) is 5.56 Å². The molecule has 1 spiro atoms. The number of para-hydroxylation sites is 1. The highest BCUT2D eigenvalue weighted by atomic mass is 16.5. The molecule has 11 rings (SSSR count). The lowest BCUT2D eigenvalue weighted by Gasteiger charge is -2.36. The third-order valence-corrected chi connectivity index (χ3v) is 14.3. The zero-order valence-corrected chi connectivity index (χ0v) is 40.5. The maximum Gasteiger partial charge on any atom is 0.499 e. The normalized spacial score (nSPS) is 16.7. The van der Waals surface area contributed by atoms with Crippen LogP contribution in [0.25, 0.3) is 72.7 Å². The highest BCUT2D eigenvalue weighted by Gasteiger charge is 2.69. The number of pyridine rings is 1. The molecule has 0 fully saturated rings. The van der Waals surface area contributed by atoms with Crippen LogP contribution in [0.5, 0.6) is 5.75 Å². The van der Waals surface area contributed by atoms with Gasteiger partial charge >= 0.3 is 11.7 Å². The fourth-order valence-electron chi connectivity index (χ4n) is 10.9. The van der Waals surface area contributed by atoms with Gasteiger partial charge in [-0.25, -0.2) is 0 Å². The topological polar surface area (TPSA) is 21.9 Å². The number of rotatable bonds is 5. The van der Waals surface area contributed by atoms with Crippen LogP contribution in [-0.2, 0) is 22.1 Å². The lowest BCUT2D eigenvalue weighted by Crippen LogP contribution is -2.78. The van der Waals surface area contributed by atoms with Gasteiger partial charge in [0, 0.05) is 31.6 Å². The van der Waals surface area contributed by atoms with Crippen molar-refractivity contribution in [2.75, 3.05) is 0 Å². The first-order chi connectivity index (χ1) is 31.4. The monoisotopic (exact) mass is 856 g/mol. The van der Waals surface area contributed by atoms with Crippen LogP contribution in [0.15, 0.2) is 134 Å². The van der Waals surface area contributed by atoms with E-state index in [1.54, 1.807) is 0 Å². The van der Waals surface area contributed by atoms with E-state index in [0.29, 0.717) is 0 Å². The molecule has 5 heterocycles. The highest BCUT2D eigenvalue weighted by molar-refractivity contribution is 5.98. The fourth-order valence-corrected chi connectivity index (χ4v) is 10.9. The Labute approximate surface area is 389 Å². The van der Waals surface area contributed by atoms with Gasteiger partial charge in [-0.05, 0) is 115 Å². The molecule has 3 aliphatic rings. The number of fused-ring (bicyclic) bond motifs is 5. The highest BCUT2D eigenvalue weighted by Crippen LogP contribution is 2.56. The molecule has 6 aromatic carbocycles. The quantitative estimate of drug-likeness (QED) is 0.158. The summed E-state index contributed by atoms with van der Waals surface area (Å²) in [5.41, 5.74) is 19.5. The van der Waals surface area contributed by atoms with Crippen LogP contribution in [0.2, 0.25) is 0 Å². The smallest absolute Gasteiger partial charge is 0.392 e. The molecule has 0 radical (unpaired) electrons. The summed E-state index contributed by atoms with van der Waals surface area (Å²) < 4.78 is 34.0. The average molecular weight is 856 g/mol. The van der Waals surface area contributed by atoms with E-state index >= 15 is 0 Å². The van der Waals surface area contributed by atoms with Gasteiger partial charge in [-0.1, -0.05) is 163 Å². The molecule has 0 amide bonds. The molecule has 65 heavy (non-hydrogen) atoms. The average Bonchev–Trinajstić information content (AvgIpc) is 3.76. The molecule has 0 saturated heterocycles. The summed E-state index contributed by atoms with van der Waals surface area (Å²) in [5, 5.41) is 0. The van der Waals surface area contributed by atoms with Crippen molar-refractivity contribution in [1.82, 2.24) is 4.57 Å². The second kappa shape index (κ2) is 13.9. The molecule has 4 nitrogen and oxygen atoms in total. The molecular formula is C61H63N3O+2. The van der Waals surface area contributed by atoms with Gasteiger partial charge in [0.1, 0.15) is 16.8 Å². The predicted octanol–water partition coefficient (Wildman–Crippen LogP) is 14.9. The van der Waals surface area contributed by atoms with E-state index < -0.39 is 17.6 Å². The molecule has 4 heteroatoms. The number of nitrogens with zero attached hydrogens (tertiary/aromatic N) is 3. The Morgan fingerprint density at radius 3 is 1.82 bits per heavy atom. The number of ether oxygens (including phenoxy) is 1. The van der Waals surface area contributed by atoms with Gasteiger partial charge in [0.2, 0.25) is 5.69 Å². The zero-order chi connectivity index (χ0) is 47.5. The van der Waals surface area contributed by atoms with E-state index in [1.165, 1.54) is 38.9 Å². The van der Waals surface area contributed by atoms with Crippen molar-refractivity contribution in [3.05, 3.63) is 167 Å². The van der Waals surface area contributed by atoms with E-state index in [-0.39, 0.29) is 16.2 Å². The lowest BCUT2D eigenvalue weighted by atomic mass is 9.78. The Bertz CT molecular complexity index is 3350. The van der Waals surface area contributed by atoms with Crippen LogP contribution < -0.4 is 13.9 Å². The molecule has 0 N–H and O–H groups in total. The second-order valence-corrected chi connectivity index (χ2v) is 22.3. The van der Waals surface area contributed by atoms with E-state index in [4.69, 9.17) is 4.74 Å². The van der Waals surface area contributed by atoms with Gasteiger partial charge in [0.15, 0.2) is 23.0 Å². The van der Waals surface area contributed by atoms with E-state index in [2.05, 4.69) is 204 Å². The fraction of sp³-hybridized carbons (Fsp3) is 0.311. The molecule has 1 unspecified atom stereocenters. The number of hydrogen-bond acceptors (Lipinski definition) is 1. The SMILES string of the molecule is [2H]C(C)(C)c1cccc(C([2H])(C)C)c1-c1ccc(-n2c3[n+]4c5c(cccc52)-c2cc(C(C)(C)C)cc5c2C4(Oc2c-3cc(C(C)(C)C)cc2C(C)(C)C)[n+]2ccc(-c3ccccc3)cc2-5)cc1. The maximum absolute atomic E-state index is 9.22. The minimum Gasteiger partial charge on any atom is -0.392 e. The van der Waals surface area contributed by atoms with Crippen LogP contribution in [0.1, 0.15) is 138 Å². The predicted molar refractivity (Wildman–Crippen MR) is 268 cm³/mol. The molecule has 0 aliphatic carbocycles. The molecule has 0 bridgehead atoms. The summed E-state index contributed by atoms with van der Waals surface area (Å²) in [6.45, 7) is 28.6. The Hall–Kier alpha value is -6.26. The molecule has 326 valence electrons. The minimum absolute atomic E-state index is 0.116. The molecular weight excluding hydrogens is 791 g/mol. The first-order valence-corrected chi connectivity index (χ1v) is 23.4. The van der Waals surface area contributed by atoms with Gasteiger partial charge in [-0.3, -0.25) is 0 Å². The van der Waals surface area contributed by atoms with E-state index in [1.807, 2.05) is 33.8 Å². The molecule has 8 aromatic rings. The number of imidazole rings is 1. The third kappa shape index (κ3) is 5.94. The van der Waals surface area contributed by atoms with Gasteiger partial charge in [-0.15, -0.1) is 9.13 Å². The number of hydrogen-bond donors (Lipinski definition) is 0. The van der Waals surface area contributed by atoms with Gasteiger partial charge in [-0.2, -0.15) is 4.57 Å². The summed E-state index contributed by atoms with van der Waals surface area (Å²) in [5.74, 6) is -0.847. The van der Waals surface area contributed by atoms with Gasteiger partial charge < -0.3 is 4.74 Å². The van der Waals surface area contributed by atoms with Crippen molar-refractivity contribution in [2.24, 2.45) is 0 Å². The van der Waals surface area contributed by atoms with Crippen molar-refractivity contribution >= 4 is 11.0 Å². The van der Waals surface area contributed by atoms with Crippen molar-refractivity contribution < 1.29 is 16.6 Å². The standard InChI is InChI=1S/C61H63N3O/c1-36(2)44-21-17-22-45(37(3)4)53(44)39-25-27-43(28-26-39)63-51-24-18-23-46-47-32-41(58(5,6)7)33-48-52-31-40(38-19-15-14-16-20-38)29-30-62(52)61(54(47)48)64(55(46)51)57(63)49-34-42(59(8,9)10)35-50(56(49)65-61)60(11,12)13/h14-37H,1-13H3/q+2/i36D,37D. The van der Waals surface area contributed by atoms with Crippen LogP contribution in [0.4, 0.5) is 0 Å². The Morgan fingerprint density at radius 1 is 0.569 bits per heavy atom. The summed E-state index contributed by atoms with van der Waals surface area (Å²) in [6.07, 6.45) is 2.27. The van der Waals surface area contributed by atoms with Gasteiger partial charge in [0.25, 0.3) is 0 Å². The largest absolute Gasteiger partial charge is 0.499 e. The Balaban J connectivity index is 1.29. The molecule has 0 saturated carbocycles. The van der Waals surface area contributed by atoms with Crippen LogP contribution >= 0.6 is 0 Å². The van der Waals surface area contributed by atoms with Crippen molar-refractivity contribution in [3.63, 3.8) is 0 Å². The Morgan fingerprint density at radius 2 is 1.18 bits per heavy atom. The molecule has 3 aliphatic heterocycles. The minimum atomic E-state index is -1.09. The van der Waals surface area contributed by atoms with Crippen LogP contribution in [0, 0.1) is 0 Å². The van der Waals surface area contributed by atoms with E-state index in [0.717, 1.165) is 72.9 Å². The van der Waals surface area contributed by atoms with E-state index in [9.17, 15) is 2.74 Å². The van der Waals surface area contributed by atoms with Crippen molar-refractivity contribution in [3.8, 4) is 67.5 Å². The molecule has 1 atom stereocenters. The second-order valence-electron chi connectivity index (χ2n) is 22.3. The number of benzene rings is 6. The lowest BCUT2D eigenvalue weighted by molar-refractivity contribution is -0.997. The van der Waals surface area contributed by atoms with Crippen LogP contribution in [0.3, 0.4) is 0 Å². The first kappa shape index (κ1) is 39.1.